The first kappa shape index (κ1) is 12.7. The van der Waals surface area contributed by atoms with Crippen LogP contribution < -0.4 is 15.8 Å². The molecule has 0 bridgehead atoms. The summed E-state index contributed by atoms with van der Waals surface area (Å²) >= 11 is 0. The second kappa shape index (κ2) is 6.97. The predicted octanol–water partition coefficient (Wildman–Crippen LogP) is 0.261. The van der Waals surface area contributed by atoms with E-state index in [4.69, 9.17) is 15.2 Å². The van der Waals surface area contributed by atoms with E-state index in [1.165, 1.54) is 6.33 Å². The topological polar surface area (TPSA) is 82.3 Å². The Bertz CT molecular complexity index is 309. The maximum Gasteiger partial charge on any atom is 0.218 e. The number of nitrogens with one attached hydrogen (secondary N) is 1. The van der Waals surface area contributed by atoms with E-state index < -0.39 is 0 Å². The lowest BCUT2D eigenvalue weighted by Gasteiger charge is -2.13. The van der Waals surface area contributed by atoms with E-state index in [9.17, 15) is 0 Å². The fourth-order valence-electron chi connectivity index (χ4n) is 1.20. The van der Waals surface area contributed by atoms with Gasteiger partial charge in [0.1, 0.15) is 18.8 Å². The van der Waals surface area contributed by atoms with Crippen molar-refractivity contribution in [1.82, 2.24) is 9.97 Å². The number of ether oxygens (including phenoxy) is 2. The summed E-state index contributed by atoms with van der Waals surface area (Å²) in [5.41, 5.74) is 5.33. The van der Waals surface area contributed by atoms with Crippen LogP contribution in [-0.4, -0.2) is 42.9 Å². The summed E-state index contributed by atoms with van der Waals surface area (Å²) in [6, 6.07) is 1.92. The molecule has 1 heterocycles. The lowest BCUT2D eigenvalue weighted by atomic mass is 10.3. The number of nitrogens with zero attached hydrogens (tertiary/aromatic N) is 2. The van der Waals surface area contributed by atoms with Crippen molar-refractivity contribution in [3.63, 3.8) is 0 Å². The van der Waals surface area contributed by atoms with Gasteiger partial charge in [-0.05, 0) is 6.92 Å². The van der Waals surface area contributed by atoms with Crippen LogP contribution >= 0.6 is 0 Å². The Labute approximate surface area is 95.2 Å². The molecule has 0 aliphatic carbocycles. The van der Waals surface area contributed by atoms with E-state index in [1.54, 1.807) is 13.2 Å². The number of rotatable bonds is 7. The summed E-state index contributed by atoms with van der Waals surface area (Å²) in [6.07, 6.45) is 1.45. The molecule has 1 atom stereocenters. The van der Waals surface area contributed by atoms with Gasteiger partial charge >= 0.3 is 0 Å². The van der Waals surface area contributed by atoms with Crippen molar-refractivity contribution < 1.29 is 9.47 Å². The van der Waals surface area contributed by atoms with Crippen molar-refractivity contribution in [3.05, 3.63) is 12.4 Å². The molecule has 3 N–H and O–H groups in total. The molecule has 0 aliphatic heterocycles. The molecule has 0 aliphatic rings. The van der Waals surface area contributed by atoms with Crippen LogP contribution in [0, 0.1) is 0 Å². The zero-order chi connectivity index (χ0) is 11.8. The van der Waals surface area contributed by atoms with Crippen molar-refractivity contribution in [2.75, 3.05) is 32.2 Å². The SMILES string of the molecule is COC[C@@H](C)Nc1cc(OCCN)ncn1. The van der Waals surface area contributed by atoms with Gasteiger partial charge in [-0.3, -0.25) is 0 Å². The van der Waals surface area contributed by atoms with Crippen LogP contribution in [0.5, 0.6) is 5.88 Å². The van der Waals surface area contributed by atoms with E-state index in [-0.39, 0.29) is 6.04 Å². The summed E-state index contributed by atoms with van der Waals surface area (Å²) in [4.78, 5) is 8.05. The fraction of sp³-hybridized carbons (Fsp3) is 0.600. The highest BCUT2D eigenvalue weighted by Crippen LogP contribution is 2.11. The molecule has 0 fully saturated rings. The average Bonchev–Trinajstić information content (AvgIpc) is 2.27. The Morgan fingerprint density at radius 2 is 2.31 bits per heavy atom. The minimum absolute atomic E-state index is 0.183. The number of methoxy groups -OCH3 is 1. The van der Waals surface area contributed by atoms with Crippen LogP contribution in [0.25, 0.3) is 0 Å². The molecule has 0 radical (unpaired) electrons. The van der Waals surface area contributed by atoms with Crippen molar-refractivity contribution >= 4 is 5.82 Å². The Hall–Kier alpha value is -1.40. The standard InChI is InChI=1S/C10H18N4O2/c1-8(6-15-2)14-9-5-10(13-7-12-9)16-4-3-11/h5,7-8H,3-4,6,11H2,1-2H3,(H,12,13,14)/t8-/m1/s1. The molecule has 1 rings (SSSR count). The molecule has 0 saturated heterocycles. The third-order valence-electron chi connectivity index (χ3n) is 1.82. The van der Waals surface area contributed by atoms with E-state index in [0.717, 1.165) is 0 Å². The van der Waals surface area contributed by atoms with E-state index in [1.807, 2.05) is 6.92 Å². The molecule has 0 unspecified atom stereocenters. The van der Waals surface area contributed by atoms with Crippen LogP contribution in [0.3, 0.4) is 0 Å². The second-order valence-electron chi connectivity index (χ2n) is 3.38. The van der Waals surface area contributed by atoms with Crippen molar-refractivity contribution in [3.8, 4) is 5.88 Å². The Morgan fingerprint density at radius 3 is 3.00 bits per heavy atom. The molecule has 1 aromatic rings. The molecule has 6 nitrogen and oxygen atoms in total. The highest BCUT2D eigenvalue weighted by molar-refractivity contribution is 5.37. The van der Waals surface area contributed by atoms with Gasteiger partial charge < -0.3 is 20.5 Å². The predicted molar refractivity (Wildman–Crippen MR) is 61.5 cm³/mol. The largest absolute Gasteiger partial charge is 0.476 e. The second-order valence-corrected chi connectivity index (χ2v) is 3.38. The van der Waals surface area contributed by atoms with Gasteiger partial charge in [-0.25, -0.2) is 9.97 Å². The summed E-state index contributed by atoms with van der Waals surface area (Å²) < 4.78 is 10.3. The van der Waals surface area contributed by atoms with Crippen molar-refractivity contribution in [2.24, 2.45) is 5.73 Å². The van der Waals surface area contributed by atoms with Gasteiger partial charge in [0.25, 0.3) is 0 Å². The number of anilines is 1. The van der Waals surface area contributed by atoms with Gasteiger partial charge in [-0.2, -0.15) is 0 Å². The minimum atomic E-state index is 0.183. The molecule has 1 aromatic heterocycles. The summed E-state index contributed by atoms with van der Waals surface area (Å²) in [5, 5.41) is 3.17. The molecule has 0 saturated carbocycles. The summed E-state index contributed by atoms with van der Waals surface area (Å²) in [7, 11) is 1.66. The number of hydrogen-bond donors (Lipinski definition) is 2. The van der Waals surface area contributed by atoms with Gasteiger partial charge in [-0.1, -0.05) is 0 Å². The Balaban J connectivity index is 2.52. The first-order valence-electron chi connectivity index (χ1n) is 5.16. The first-order chi connectivity index (χ1) is 7.76. The number of nitrogens with two attached hydrogens (primary N) is 1. The molecule has 16 heavy (non-hydrogen) atoms. The van der Waals surface area contributed by atoms with Crippen LogP contribution in [0.15, 0.2) is 12.4 Å². The van der Waals surface area contributed by atoms with Crippen molar-refractivity contribution in [2.45, 2.75) is 13.0 Å². The lowest BCUT2D eigenvalue weighted by Crippen LogP contribution is -2.21. The van der Waals surface area contributed by atoms with Gasteiger partial charge in [0.05, 0.1) is 6.61 Å². The Morgan fingerprint density at radius 1 is 1.50 bits per heavy atom. The molecule has 0 spiro atoms. The smallest absolute Gasteiger partial charge is 0.218 e. The van der Waals surface area contributed by atoms with Gasteiger partial charge in [-0.15, -0.1) is 0 Å². The van der Waals surface area contributed by atoms with Gasteiger partial charge in [0.2, 0.25) is 5.88 Å². The summed E-state index contributed by atoms with van der Waals surface area (Å²) in [5.74, 6) is 1.24. The van der Waals surface area contributed by atoms with E-state index >= 15 is 0 Å². The van der Waals surface area contributed by atoms with Gasteiger partial charge in [0.15, 0.2) is 0 Å². The van der Waals surface area contributed by atoms with E-state index in [0.29, 0.717) is 31.5 Å². The van der Waals surface area contributed by atoms with Crippen LogP contribution in [0.2, 0.25) is 0 Å². The van der Waals surface area contributed by atoms with Crippen LogP contribution in [0.4, 0.5) is 5.82 Å². The lowest BCUT2D eigenvalue weighted by molar-refractivity contribution is 0.190. The molecular formula is C10H18N4O2. The normalized spacial score (nSPS) is 12.2. The maximum atomic E-state index is 5.33. The van der Waals surface area contributed by atoms with Crippen LogP contribution in [-0.2, 0) is 4.74 Å². The van der Waals surface area contributed by atoms with Gasteiger partial charge in [0, 0.05) is 25.8 Å². The third-order valence-corrected chi connectivity index (χ3v) is 1.82. The Kier molecular flexibility index (Phi) is 5.52. The molecule has 0 amide bonds. The maximum absolute atomic E-state index is 5.33. The highest BCUT2D eigenvalue weighted by atomic mass is 16.5. The van der Waals surface area contributed by atoms with Crippen LogP contribution in [0.1, 0.15) is 6.92 Å². The van der Waals surface area contributed by atoms with E-state index in [2.05, 4.69) is 15.3 Å². The molecule has 0 aromatic carbocycles. The monoisotopic (exact) mass is 226 g/mol. The zero-order valence-corrected chi connectivity index (χ0v) is 9.64. The number of aromatic nitrogens is 2. The molecular weight excluding hydrogens is 208 g/mol. The highest BCUT2D eigenvalue weighted by Gasteiger charge is 2.04. The molecule has 6 heteroatoms. The quantitative estimate of drug-likeness (QED) is 0.694. The number of hydrogen-bond acceptors (Lipinski definition) is 6. The fourth-order valence-corrected chi connectivity index (χ4v) is 1.20. The van der Waals surface area contributed by atoms with Crippen molar-refractivity contribution in [1.29, 1.82) is 0 Å². The minimum Gasteiger partial charge on any atom is -0.476 e. The average molecular weight is 226 g/mol. The first-order valence-corrected chi connectivity index (χ1v) is 5.16. The third kappa shape index (κ3) is 4.41. The zero-order valence-electron chi connectivity index (χ0n) is 9.64. The molecule has 90 valence electrons. The summed E-state index contributed by atoms with van der Waals surface area (Å²) in [6.45, 7) is 3.53.